The van der Waals surface area contributed by atoms with Crippen LogP contribution in [0.15, 0.2) is 47.4 Å². The van der Waals surface area contributed by atoms with E-state index in [2.05, 4.69) is 5.32 Å². The Bertz CT molecular complexity index is 1180. The van der Waals surface area contributed by atoms with Gasteiger partial charge in [-0.05, 0) is 23.8 Å². The first-order valence-electron chi connectivity index (χ1n) is 9.67. The average Bonchev–Trinajstić information content (AvgIpc) is 2.76. The van der Waals surface area contributed by atoms with Crippen LogP contribution in [-0.2, 0) is 52.3 Å². The van der Waals surface area contributed by atoms with Crippen LogP contribution in [0.3, 0.4) is 0 Å². The van der Waals surface area contributed by atoms with E-state index in [1.807, 2.05) is 0 Å². The third-order valence-electron chi connectivity index (χ3n) is 6.49. The van der Waals surface area contributed by atoms with Crippen LogP contribution in [0.1, 0.15) is 44.9 Å². The van der Waals surface area contributed by atoms with Crippen molar-refractivity contribution < 1.29 is 50.7 Å². The number of nitrogens with one attached hydrogen (secondary N) is 2. The largest absolute Gasteiger partial charge is 0.667 e. The number of rotatable bonds is 4. The Balaban J connectivity index is 0.00000363. The van der Waals surface area contributed by atoms with E-state index >= 15 is 0 Å². The van der Waals surface area contributed by atoms with Gasteiger partial charge in [0.05, 0.1) is 27.9 Å². The van der Waals surface area contributed by atoms with E-state index in [-0.39, 0.29) is 42.6 Å². The van der Waals surface area contributed by atoms with Crippen LogP contribution in [0.4, 0.5) is 5.69 Å². The van der Waals surface area contributed by atoms with Crippen LogP contribution in [-0.4, -0.2) is 27.3 Å². The van der Waals surface area contributed by atoms with Gasteiger partial charge in [-0.3, -0.25) is 9.10 Å². The van der Waals surface area contributed by atoms with Crippen molar-refractivity contribution in [3.05, 3.63) is 64.3 Å². The Morgan fingerprint density at radius 1 is 1.03 bits per heavy atom. The second kappa shape index (κ2) is 9.05. The van der Waals surface area contributed by atoms with Crippen LogP contribution >= 0.6 is 11.6 Å². The average molecular weight is 552 g/mol. The molecular formula is C22H25ClN3O4SY-. The van der Waals surface area contributed by atoms with Crippen molar-refractivity contribution in [2.45, 2.75) is 38.6 Å². The van der Waals surface area contributed by atoms with Gasteiger partial charge in [0.15, 0.2) is 0 Å². The molecule has 0 aliphatic carbocycles. The molecular weight excluding hydrogens is 527 g/mol. The van der Waals surface area contributed by atoms with Gasteiger partial charge in [0, 0.05) is 55.8 Å². The van der Waals surface area contributed by atoms with E-state index < -0.39 is 38.7 Å². The van der Waals surface area contributed by atoms with Gasteiger partial charge in [-0.25, -0.2) is 8.42 Å². The number of para-hydroxylation sites is 1. The van der Waals surface area contributed by atoms with Crippen molar-refractivity contribution >= 4 is 39.1 Å². The maximum absolute atomic E-state index is 13.4. The monoisotopic (exact) mass is 551 g/mol. The summed E-state index contributed by atoms with van der Waals surface area (Å²) in [5.41, 5.74) is 6.50. The standard InChI is InChI=1S/C22H26ClN3O4S.Y/c1-21(2,19(24)27)22(3,4)20(28)25-18-14-8-6-7-9-16(14)26(5)31(29,30)17-12-13(23)10-11-15(17)18;/h6-12,18H,1-5H3,(H3,24,25,27,28);/p-1. The van der Waals surface area contributed by atoms with Gasteiger partial charge in [-0.15, -0.1) is 0 Å². The summed E-state index contributed by atoms with van der Waals surface area (Å²) in [4.78, 5) is 25.3. The van der Waals surface area contributed by atoms with Gasteiger partial charge >= 0.3 is 0 Å². The maximum Gasteiger partial charge on any atom is 0.264 e. The van der Waals surface area contributed by atoms with E-state index in [1.165, 1.54) is 17.4 Å². The fourth-order valence-electron chi connectivity index (χ4n) is 3.47. The predicted molar refractivity (Wildman–Crippen MR) is 120 cm³/mol. The van der Waals surface area contributed by atoms with Gasteiger partial charge in [0.25, 0.3) is 10.0 Å². The van der Waals surface area contributed by atoms with Crippen molar-refractivity contribution in [3.8, 4) is 0 Å². The number of halogens is 1. The number of nitrogens with zero attached hydrogens (tertiary/aromatic N) is 1. The fourth-order valence-corrected chi connectivity index (χ4v) is 5.18. The van der Waals surface area contributed by atoms with E-state index in [0.29, 0.717) is 16.8 Å². The predicted octanol–water partition coefficient (Wildman–Crippen LogP) is 4.31. The number of sulfonamides is 1. The number of carbonyl (C=O) groups excluding carboxylic acids is 2. The zero-order valence-corrected chi connectivity index (χ0v) is 23.0. The molecule has 1 radical (unpaired) electrons. The van der Waals surface area contributed by atoms with Crippen LogP contribution in [0.25, 0.3) is 5.73 Å². The summed E-state index contributed by atoms with van der Waals surface area (Å²) in [7, 11) is -2.47. The molecule has 0 spiro atoms. The summed E-state index contributed by atoms with van der Waals surface area (Å²) in [6, 6.07) is 10.6. The van der Waals surface area contributed by atoms with Crippen molar-refractivity contribution in [3.63, 3.8) is 0 Å². The molecule has 2 amide bonds. The third kappa shape index (κ3) is 4.22. The molecule has 1 unspecified atom stereocenters. The van der Waals surface area contributed by atoms with Gasteiger partial charge < -0.3 is 15.8 Å². The maximum atomic E-state index is 13.4. The minimum atomic E-state index is -3.93. The normalized spacial score (nSPS) is 17.3. The molecule has 1 heterocycles. The van der Waals surface area contributed by atoms with E-state index in [1.54, 1.807) is 64.1 Å². The summed E-state index contributed by atoms with van der Waals surface area (Å²) in [5.74, 6) is -1.33. The number of carbonyl (C=O) groups is 2. The first-order valence-corrected chi connectivity index (χ1v) is 11.5. The number of hydrogen-bond acceptors (Lipinski definition) is 4. The molecule has 169 valence electrons. The molecule has 2 aromatic rings. The summed E-state index contributed by atoms with van der Waals surface area (Å²) < 4.78 is 27.8. The Morgan fingerprint density at radius 3 is 2.22 bits per heavy atom. The molecule has 3 rings (SSSR count). The zero-order chi connectivity index (χ0) is 23.4. The Labute approximate surface area is 219 Å². The van der Waals surface area contributed by atoms with Crippen molar-refractivity contribution in [2.75, 3.05) is 11.4 Å². The molecule has 2 N–H and O–H groups in total. The van der Waals surface area contributed by atoms with Crippen LogP contribution in [0.2, 0.25) is 5.02 Å². The molecule has 0 bridgehead atoms. The summed E-state index contributed by atoms with van der Waals surface area (Å²) in [5, 5.41) is 3.20. The van der Waals surface area contributed by atoms with Gasteiger partial charge in [-0.1, -0.05) is 63.6 Å². The first kappa shape index (κ1) is 26.8. The first-order chi connectivity index (χ1) is 14.2. The van der Waals surface area contributed by atoms with Crippen molar-refractivity contribution in [1.29, 1.82) is 0 Å². The quantitative estimate of drug-likeness (QED) is 0.611. The van der Waals surface area contributed by atoms with E-state index in [4.69, 9.17) is 17.3 Å². The minimum Gasteiger partial charge on any atom is -0.667 e. The van der Waals surface area contributed by atoms with Gasteiger partial charge in [0.1, 0.15) is 0 Å². The Morgan fingerprint density at radius 2 is 1.62 bits per heavy atom. The molecule has 32 heavy (non-hydrogen) atoms. The number of fused-ring (bicyclic) bond motifs is 2. The topological polar surface area (TPSA) is 107 Å². The van der Waals surface area contributed by atoms with E-state index in [9.17, 15) is 18.0 Å². The van der Waals surface area contributed by atoms with Gasteiger partial charge in [-0.2, -0.15) is 0 Å². The summed E-state index contributed by atoms with van der Waals surface area (Å²) >= 11 is 6.11. The molecule has 1 atom stereocenters. The number of amides is 2. The summed E-state index contributed by atoms with van der Waals surface area (Å²) in [6.07, 6.45) is 0. The molecule has 7 nitrogen and oxygen atoms in total. The smallest absolute Gasteiger partial charge is 0.264 e. The summed E-state index contributed by atoms with van der Waals surface area (Å²) in [6.45, 7) is 6.30. The minimum absolute atomic E-state index is 0. The van der Waals surface area contributed by atoms with Crippen molar-refractivity contribution in [1.82, 2.24) is 5.32 Å². The zero-order valence-electron chi connectivity index (χ0n) is 18.6. The Kier molecular flexibility index (Phi) is 7.57. The van der Waals surface area contributed by atoms with Crippen LogP contribution < -0.4 is 9.62 Å². The van der Waals surface area contributed by atoms with Crippen LogP contribution in [0.5, 0.6) is 0 Å². The van der Waals surface area contributed by atoms with Gasteiger partial charge in [0.2, 0.25) is 5.91 Å². The van der Waals surface area contributed by atoms with Crippen molar-refractivity contribution in [2.24, 2.45) is 10.8 Å². The molecule has 0 aromatic heterocycles. The molecule has 1 aliphatic heterocycles. The molecule has 0 fully saturated rings. The second-order valence-corrected chi connectivity index (χ2v) is 11.1. The molecule has 10 heteroatoms. The fraction of sp³-hybridized carbons (Fsp3) is 0.364. The molecule has 1 aliphatic rings. The number of benzene rings is 2. The Hall–Kier alpha value is -1.48. The molecule has 2 aromatic carbocycles. The second-order valence-electron chi connectivity index (χ2n) is 8.70. The van der Waals surface area contributed by atoms with E-state index in [0.717, 1.165) is 0 Å². The number of anilines is 1. The number of hydrogen-bond donors (Lipinski definition) is 1. The SMILES string of the molecule is CN1c2ccccc2C(NC(=O)C(C)(C)C(C)(C)C([NH-])=O)c2ccc(Cl)cc2S1(=O)=O.[Y]. The third-order valence-corrected chi connectivity index (χ3v) is 8.55. The molecule has 0 saturated carbocycles. The van der Waals surface area contributed by atoms with Crippen LogP contribution in [0, 0.1) is 10.8 Å². The molecule has 0 saturated heterocycles.